The van der Waals surface area contributed by atoms with Crippen LogP contribution in [0, 0.1) is 13.8 Å². The molecule has 0 aliphatic carbocycles. The molecule has 0 fully saturated rings. The van der Waals surface area contributed by atoms with E-state index < -0.39 is 22.8 Å². The Morgan fingerprint density at radius 3 is 2.42 bits per heavy atom. The zero-order valence-electron chi connectivity index (χ0n) is 21.0. The van der Waals surface area contributed by atoms with Gasteiger partial charge in [-0.05, 0) is 67.3 Å². The van der Waals surface area contributed by atoms with E-state index in [-0.39, 0.29) is 37.4 Å². The third-order valence-corrected chi connectivity index (χ3v) is 7.90. The predicted molar refractivity (Wildman–Crippen MR) is 145 cm³/mol. The molecule has 4 aromatic rings. The van der Waals surface area contributed by atoms with Gasteiger partial charge in [0.25, 0.3) is 11.8 Å². The van der Waals surface area contributed by atoms with Crippen molar-refractivity contribution in [2.45, 2.75) is 32.4 Å². The summed E-state index contributed by atoms with van der Waals surface area (Å²) in [5.41, 5.74) is 2.07. The molecule has 0 radical (unpaired) electrons. The van der Waals surface area contributed by atoms with Crippen molar-refractivity contribution in [3.05, 3.63) is 109 Å². The van der Waals surface area contributed by atoms with Crippen molar-refractivity contribution in [1.29, 1.82) is 0 Å². The van der Waals surface area contributed by atoms with Crippen LogP contribution in [0.2, 0.25) is 5.02 Å². The van der Waals surface area contributed by atoms with Crippen molar-refractivity contribution in [1.82, 2.24) is 4.90 Å². The minimum Gasteiger partial charge on any atom is -0.450 e. The van der Waals surface area contributed by atoms with Crippen LogP contribution >= 0.6 is 11.6 Å². The number of carbonyl (C=O) groups excluding carboxylic acids is 2. The maximum absolute atomic E-state index is 14.6. The van der Waals surface area contributed by atoms with E-state index in [2.05, 4.69) is 0 Å². The van der Waals surface area contributed by atoms with E-state index in [1.807, 2.05) is 38.1 Å². The Balaban J connectivity index is 1.64. The van der Waals surface area contributed by atoms with Crippen LogP contribution in [0.5, 0.6) is 0 Å². The van der Waals surface area contributed by atoms with Gasteiger partial charge >= 0.3 is 0 Å². The summed E-state index contributed by atoms with van der Waals surface area (Å²) in [6.45, 7) is 3.93. The van der Waals surface area contributed by atoms with Crippen molar-refractivity contribution in [2.24, 2.45) is 0 Å². The molecule has 1 N–H and O–H groups in total. The number of carbonyl (C=O) groups is 2. The third-order valence-electron chi connectivity index (χ3n) is 7.65. The first-order valence-electron chi connectivity index (χ1n) is 12.5. The molecule has 38 heavy (non-hydrogen) atoms. The average molecular weight is 529 g/mol. The van der Waals surface area contributed by atoms with Crippen LogP contribution in [0.3, 0.4) is 0 Å². The van der Waals surface area contributed by atoms with Crippen LogP contribution in [0.1, 0.15) is 44.8 Å². The normalized spacial score (nSPS) is 18.1. The van der Waals surface area contributed by atoms with Gasteiger partial charge in [0.05, 0.1) is 23.2 Å². The molecule has 3 heterocycles. The lowest BCUT2D eigenvalue weighted by molar-refractivity contribution is -0.126. The van der Waals surface area contributed by atoms with Crippen LogP contribution in [-0.4, -0.2) is 35.0 Å². The fourth-order valence-electron chi connectivity index (χ4n) is 5.70. The monoisotopic (exact) mass is 528 g/mol. The van der Waals surface area contributed by atoms with Crippen LogP contribution in [0.15, 0.2) is 69.9 Å². The molecular formula is C30H25ClN2O5. The van der Waals surface area contributed by atoms with Crippen molar-refractivity contribution in [3.63, 3.8) is 0 Å². The summed E-state index contributed by atoms with van der Waals surface area (Å²) in [6.07, 6.45) is 0.236. The Hall–Kier alpha value is -3.94. The second-order valence-corrected chi connectivity index (χ2v) is 10.3. The number of aliphatic hydroxyl groups excluding tert-OH is 1. The lowest BCUT2D eigenvalue weighted by atomic mass is 9.83. The standard InChI is InChI=1S/C30H25ClN2O5/c1-17-14-21-24(15-18(17)2)38-27-25(26(21)35)30(33(28(27)36)12-5-13-34)22-6-3-4-7-23(22)32(29(30)37)16-19-8-10-20(31)11-9-19/h3-4,6-11,14-15,34H,5,12-13,16H2,1-2H3. The van der Waals surface area contributed by atoms with Gasteiger partial charge in [0.1, 0.15) is 5.58 Å². The van der Waals surface area contributed by atoms with E-state index >= 15 is 0 Å². The first-order chi connectivity index (χ1) is 18.3. The van der Waals surface area contributed by atoms with Crippen molar-refractivity contribution in [2.75, 3.05) is 18.1 Å². The van der Waals surface area contributed by atoms with Crippen molar-refractivity contribution in [3.8, 4) is 0 Å². The highest BCUT2D eigenvalue weighted by atomic mass is 35.5. The van der Waals surface area contributed by atoms with Gasteiger partial charge in [-0.3, -0.25) is 14.4 Å². The average Bonchev–Trinajstić information content (AvgIpc) is 3.30. The molecule has 1 unspecified atom stereocenters. The number of halogens is 1. The minimum atomic E-state index is -1.70. The minimum absolute atomic E-state index is 0.0345. The molecular weight excluding hydrogens is 504 g/mol. The molecule has 1 spiro atoms. The van der Waals surface area contributed by atoms with Gasteiger partial charge in [-0.25, -0.2) is 0 Å². The van der Waals surface area contributed by atoms with E-state index in [1.54, 1.807) is 41.3 Å². The third kappa shape index (κ3) is 3.28. The Labute approximate surface area is 223 Å². The van der Waals surface area contributed by atoms with Gasteiger partial charge < -0.3 is 19.3 Å². The fraction of sp³-hybridized carbons (Fsp3) is 0.233. The fourth-order valence-corrected chi connectivity index (χ4v) is 5.83. The molecule has 1 atom stereocenters. The number of rotatable bonds is 5. The van der Waals surface area contributed by atoms with Gasteiger partial charge in [0, 0.05) is 23.7 Å². The molecule has 8 heteroatoms. The molecule has 0 bridgehead atoms. The van der Waals surface area contributed by atoms with E-state index in [1.165, 1.54) is 4.90 Å². The summed E-state index contributed by atoms with van der Waals surface area (Å²) in [6, 6.07) is 17.9. The molecule has 6 rings (SSSR count). The topological polar surface area (TPSA) is 91.1 Å². The molecule has 2 aliphatic heterocycles. The number of para-hydroxylation sites is 1. The molecule has 2 amide bonds. The van der Waals surface area contributed by atoms with Gasteiger partial charge in [-0.2, -0.15) is 0 Å². The molecule has 7 nitrogen and oxygen atoms in total. The number of amides is 2. The Morgan fingerprint density at radius 1 is 0.974 bits per heavy atom. The number of anilines is 1. The number of nitrogens with zero attached hydrogens (tertiary/aromatic N) is 2. The van der Waals surface area contributed by atoms with Gasteiger partial charge in [-0.15, -0.1) is 0 Å². The lowest BCUT2D eigenvalue weighted by Crippen LogP contribution is -2.53. The summed E-state index contributed by atoms with van der Waals surface area (Å²) in [5, 5.41) is 10.5. The molecule has 192 valence electrons. The highest BCUT2D eigenvalue weighted by Crippen LogP contribution is 2.53. The van der Waals surface area contributed by atoms with Gasteiger partial charge in [0.2, 0.25) is 5.76 Å². The van der Waals surface area contributed by atoms with Crippen LogP contribution < -0.4 is 10.3 Å². The molecule has 0 saturated carbocycles. The summed E-state index contributed by atoms with van der Waals surface area (Å²) < 4.78 is 6.12. The quantitative estimate of drug-likeness (QED) is 0.406. The van der Waals surface area contributed by atoms with Crippen LogP contribution in [-0.2, 0) is 16.9 Å². The number of benzene rings is 3. The first kappa shape index (κ1) is 24.4. The molecule has 2 aliphatic rings. The number of aryl methyl sites for hydroxylation is 2. The van der Waals surface area contributed by atoms with E-state index in [4.69, 9.17) is 16.0 Å². The highest BCUT2D eigenvalue weighted by Gasteiger charge is 2.64. The lowest BCUT2D eigenvalue weighted by Gasteiger charge is -2.34. The Morgan fingerprint density at radius 2 is 1.68 bits per heavy atom. The maximum atomic E-state index is 14.6. The summed E-state index contributed by atoms with van der Waals surface area (Å²) in [7, 11) is 0. The summed E-state index contributed by atoms with van der Waals surface area (Å²) in [5.74, 6) is -1.07. The zero-order valence-corrected chi connectivity index (χ0v) is 21.7. The Bertz CT molecular complexity index is 1690. The van der Waals surface area contributed by atoms with Crippen molar-refractivity contribution >= 4 is 40.1 Å². The van der Waals surface area contributed by atoms with E-state index in [0.29, 0.717) is 27.2 Å². The van der Waals surface area contributed by atoms with E-state index in [0.717, 1.165) is 16.7 Å². The van der Waals surface area contributed by atoms with Gasteiger partial charge in [0.15, 0.2) is 11.0 Å². The Kier molecular flexibility index (Phi) is 5.67. The summed E-state index contributed by atoms with van der Waals surface area (Å²) >= 11 is 6.07. The number of hydrogen-bond donors (Lipinski definition) is 1. The van der Waals surface area contributed by atoms with Crippen LogP contribution in [0.4, 0.5) is 5.69 Å². The van der Waals surface area contributed by atoms with E-state index in [9.17, 15) is 19.5 Å². The first-order valence-corrected chi connectivity index (χ1v) is 12.8. The SMILES string of the molecule is Cc1cc2oc3c(c(=O)c2cc1C)C1(C(=O)N(Cc2ccc(Cl)cc2)c2ccccc21)N(CCCO)C3=O. The van der Waals surface area contributed by atoms with Crippen molar-refractivity contribution < 1.29 is 19.1 Å². The highest BCUT2D eigenvalue weighted by molar-refractivity contribution is 6.30. The largest absolute Gasteiger partial charge is 0.450 e. The molecule has 3 aromatic carbocycles. The number of fused-ring (bicyclic) bond motifs is 5. The summed E-state index contributed by atoms with van der Waals surface area (Å²) in [4.78, 5) is 45.7. The smallest absolute Gasteiger partial charge is 0.291 e. The second-order valence-electron chi connectivity index (χ2n) is 9.85. The second kappa shape index (κ2) is 8.82. The molecule has 1 aromatic heterocycles. The predicted octanol–water partition coefficient (Wildman–Crippen LogP) is 4.69. The number of aliphatic hydroxyl groups is 1. The van der Waals surface area contributed by atoms with Gasteiger partial charge in [-0.1, -0.05) is 41.9 Å². The maximum Gasteiger partial charge on any atom is 0.291 e. The zero-order chi connectivity index (χ0) is 26.8. The number of hydrogen-bond acceptors (Lipinski definition) is 5. The van der Waals surface area contributed by atoms with Crippen LogP contribution in [0.25, 0.3) is 11.0 Å². The molecule has 0 saturated heterocycles.